The number of likely N-dealkylation sites (tertiary alicyclic amines) is 3. The lowest BCUT2D eigenvalue weighted by molar-refractivity contribution is -0.136. The smallest absolute Gasteiger partial charge is 0.248 e. The van der Waals surface area contributed by atoms with Crippen LogP contribution in [0, 0.1) is 11.8 Å². The number of aromatic nitrogens is 4. The fourth-order valence-corrected chi connectivity index (χ4v) is 13.5. The van der Waals surface area contributed by atoms with Crippen LogP contribution in [0.4, 0.5) is 5.69 Å². The van der Waals surface area contributed by atoms with Crippen molar-refractivity contribution < 1.29 is 19.5 Å². The molecule has 1 aliphatic carbocycles. The van der Waals surface area contributed by atoms with E-state index in [2.05, 4.69) is 98.0 Å². The quantitative estimate of drug-likeness (QED) is 0.107. The number of hydrogen-bond donors (Lipinski definition) is 5. The second kappa shape index (κ2) is 25.4. The average molecular weight is 1180 g/mol. The summed E-state index contributed by atoms with van der Waals surface area (Å²) in [4.78, 5) is 59.3. The van der Waals surface area contributed by atoms with Gasteiger partial charge in [0.2, 0.25) is 17.7 Å². The maximum absolute atomic E-state index is 12.1. The van der Waals surface area contributed by atoms with Crippen LogP contribution in [0.25, 0.3) is 43.6 Å². The molecule has 0 unspecified atom stereocenters. The molecule has 0 atom stereocenters. The fraction of sp³-hybridized carbons (Fsp3) is 0.453. The molecule has 4 aliphatic heterocycles. The number of H-pyrrole nitrogens is 4. The lowest BCUT2D eigenvalue weighted by Gasteiger charge is -2.46. The molecule has 13 nitrogen and oxygen atoms in total. The molecule has 430 valence electrons. The highest BCUT2D eigenvalue weighted by molar-refractivity contribution is 6.32. The van der Waals surface area contributed by atoms with Gasteiger partial charge in [0.15, 0.2) is 0 Å². The van der Waals surface area contributed by atoms with Crippen molar-refractivity contribution in [2.45, 2.75) is 102 Å². The molecule has 4 aromatic carbocycles. The summed E-state index contributed by atoms with van der Waals surface area (Å²) in [7, 11) is 2.20. The summed E-state index contributed by atoms with van der Waals surface area (Å²) in [6.45, 7) is 16.1. The molecule has 0 bridgehead atoms. The van der Waals surface area contributed by atoms with Gasteiger partial charge < -0.3 is 44.6 Å². The number of hydrogen-bond acceptors (Lipinski definition) is 6. The number of anilines is 1. The van der Waals surface area contributed by atoms with E-state index in [9.17, 15) is 14.4 Å². The number of piperazine rings is 1. The number of carbonyl (C=O) groups excluding carboxylic acids is 3. The second-order valence-corrected chi connectivity index (χ2v) is 25.5. The van der Waals surface area contributed by atoms with Crippen molar-refractivity contribution in [2.75, 3.05) is 77.5 Å². The second-order valence-electron chi connectivity index (χ2n) is 23.8. The van der Waals surface area contributed by atoms with Crippen LogP contribution in [-0.4, -0.2) is 140 Å². The molecule has 13 rings (SSSR count). The van der Waals surface area contributed by atoms with Gasteiger partial charge in [-0.15, -0.1) is 0 Å². The molecule has 3 amide bonds. The van der Waals surface area contributed by atoms with E-state index in [4.69, 9.17) is 51.5 Å². The lowest BCUT2D eigenvalue weighted by Crippen LogP contribution is -2.57. The van der Waals surface area contributed by atoms with Crippen molar-refractivity contribution in [1.29, 1.82) is 0 Å². The lowest BCUT2D eigenvalue weighted by atomic mass is 9.87. The molecule has 8 heterocycles. The van der Waals surface area contributed by atoms with Crippen molar-refractivity contribution >= 4 is 113 Å². The van der Waals surface area contributed by atoms with Gasteiger partial charge in [-0.25, -0.2) is 0 Å². The summed E-state index contributed by atoms with van der Waals surface area (Å²) >= 11 is 24.9. The number of carbonyl (C=O) groups is 3. The first-order valence-corrected chi connectivity index (χ1v) is 30.4. The highest BCUT2D eigenvalue weighted by atomic mass is 35.5. The predicted molar refractivity (Wildman–Crippen MR) is 332 cm³/mol. The number of aliphatic hydroxyl groups excluding tert-OH is 1. The van der Waals surface area contributed by atoms with Gasteiger partial charge in [0.25, 0.3) is 0 Å². The number of halogens is 4. The minimum atomic E-state index is -0.399. The molecule has 4 aromatic heterocycles. The molecule has 5 aliphatic rings. The van der Waals surface area contributed by atoms with E-state index in [1.807, 2.05) is 73.9 Å². The van der Waals surface area contributed by atoms with Gasteiger partial charge in [-0.1, -0.05) is 60.3 Å². The Morgan fingerprint density at radius 1 is 0.531 bits per heavy atom. The van der Waals surface area contributed by atoms with Crippen LogP contribution >= 0.6 is 46.4 Å². The van der Waals surface area contributed by atoms with Gasteiger partial charge in [-0.3, -0.25) is 19.3 Å². The first-order valence-electron chi connectivity index (χ1n) is 28.9. The maximum Gasteiger partial charge on any atom is 0.248 e. The minimum absolute atomic E-state index is 0.0871. The molecule has 4 saturated heterocycles. The number of amides is 3. The number of piperidine rings is 3. The number of aromatic amines is 4. The summed E-state index contributed by atoms with van der Waals surface area (Å²) in [5, 5.41) is 17.0. The van der Waals surface area contributed by atoms with Gasteiger partial charge in [0, 0.05) is 170 Å². The van der Waals surface area contributed by atoms with Crippen LogP contribution in [-0.2, 0) is 14.4 Å². The number of aliphatic hydroxyl groups is 1. The topological polar surface area (TPSA) is 151 Å². The van der Waals surface area contributed by atoms with Gasteiger partial charge in [0.05, 0.1) is 0 Å². The van der Waals surface area contributed by atoms with Crippen LogP contribution in [0.1, 0.15) is 114 Å². The molecular weight excluding hydrogens is 1100 g/mol. The van der Waals surface area contributed by atoms with E-state index in [1.165, 1.54) is 43.9 Å². The molecule has 81 heavy (non-hydrogen) atoms. The summed E-state index contributed by atoms with van der Waals surface area (Å²) < 4.78 is 0. The summed E-state index contributed by atoms with van der Waals surface area (Å²) in [5.74, 6) is 2.30. The predicted octanol–water partition coefficient (Wildman–Crippen LogP) is 14.0. The third-order valence-electron chi connectivity index (χ3n) is 17.6. The van der Waals surface area contributed by atoms with Crippen molar-refractivity contribution in [3.05, 3.63) is 134 Å². The monoisotopic (exact) mass is 1180 g/mol. The Morgan fingerprint density at radius 3 is 1.31 bits per heavy atom. The standard InChI is InChI=1S/C17H19ClN2O.C17H21ClN2O.C15H20ClN3.C15H17ClN2O2/c18-13-9-15(14-3-6-19-16(14)10-13)11-4-7-20(8-5-11)17(21)12-1-2-12;1-11(2)17(21)20-7-4-12(5-8-20)15-9-13(18)10-16-14(15)3-6-19-16;1-15(2)10-19(7-6-18(15)3)14-9-11(16)8-13-12(14)4-5-17-13;16-11-7-13(12-1-4-17-14(12)8-11)10-2-5-18(6-3-10)15(20)9-19/h3,6,9-12,19H,1-2,4-5,7-8H2;3,6,9-12,19H,4-5,7-8H2,1-2H3;4-5,8-9,17H,6-7,10H2,1-3H3;1,4,7-8,10,17,19H,2-3,5-6,9H2. The third-order valence-corrected chi connectivity index (χ3v) is 18.5. The fourth-order valence-electron chi connectivity index (χ4n) is 12.6. The molecule has 8 aromatic rings. The minimum Gasteiger partial charge on any atom is -0.387 e. The Kier molecular flexibility index (Phi) is 18.4. The molecular formula is C64H77Cl4N9O4. The summed E-state index contributed by atoms with van der Waals surface area (Å²) in [6.07, 6.45) is 15.9. The van der Waals surface area contributed by atoms with Crippen LogP contribution in [0.2, 0.25) is 20.1 Å². The number of nitrogens with zero attached hydrogens (tertiary/aromatic N) is 5. The van der Waals surface area contributed by atoms with Crippen molar-refractivity contribution in [1.82, 2.24) is 39.5 Å². The molecule has 1 saturated carbocycles. The Morgan fingerprint density at radius 2 is 0.914 bits per heavy atom. The zero-order chi connectivity index (χ0) is 57.1. The van der Waals surface area contributed by atoms with E-state index in [0.717, 1.165) is 139 Å². The van der Waals surface area contributed by atoms with Crippen molar-refractivity contribution in [3.8, 4) is 0 Å². The largest absolute Gasteiger partial charge is 0.387 e. The first-order chi connectivity index (χ1) is 38.9. The zero-order valence-electron chi connectivity index (χ0n) is 47.3. The van der Waals surface area contributed by atoms with E-state index in [1.54, 1.807) is 4.90 Å². The summed E-state index contributed by atoms with van der Waals surface area (Å²) in [6, 6.07) is 24.6. The van der Waals surface area contributed by atoms with Gasteiger partial charge >= 0.3 is 0 Å². The van der Waals surface area contributed by atoms with E-state index in [-0.39, 0.29) is 23.3 Å². The Balaban J connectivity index is 0.000000121. The maximum atomic E-state index is 12.1. The van der Waals surface area contributed by atoms with Crippen molar-refractivity contribution in [3.63, 3.8) is 0 Å². The molecule has 5 fully saturated rings. The number of rotatable bonds is 7. The Hall–Kier alpha value is -5.67. The zero-order valence-corrected chi connectivity index (χ0v) is 50.3. The molecule has 17 heteroatoms. The van der Waals surface area contributed by atoms with E-state index < -0.39 is 6.61 Å². The number of fused-ring (bicyclic) bond motifs is 4. The molecule has 5 N–H and O–H groups in total. The molecule has 0 radical (unpaired) electrons. The Labute approximate surface area is 495 Å². The van der Waals surface area contributed by atoms with Gasteiger partial charge in [0.1, 0.15) is 6.61 Å². The van der Waals surface area contributed by atoms with Gasteiger partial charge in [-0.05, 0) is 180 Å². The van der Waals surface area contributed by atoms with Crippen LogP contribution in [0.5, 0.6) is 0 Å². The van der Waals surface area contributed by atoms with Crippen LogP contribution in [0.15, 0.2) is 97.6 Å². The van der Waals surface area contributed by atoms with Gasteiger partial charge in [-0.2, -0.15) is 0 Å². The summed E-state index contributed by atoms with van der Waals surface area (Å²) in [5.41, 5.74) is 9.69. The SMILES string of the molecule is CC(C)C(=O)N1CCC(c2cc(Cl)cc3[nH]ccc23)CC1.CN1CCN(c2cc(Cl)cc3[nH]ccc23)CC1(C)C.O=C(C1CC1)N1CCC(c2cc(Cl)cc3[nH]ccc23)CC1.O=C(CO)N1CCC(c2cc(Cl)cc3[nH]ccc23)CC1. The Bertz CT molecular complexity index is 3370. The number of benzene rings is 4. The highest BCUT2D eigenvalue weighted by Crippen LogP contribution is 2.40. The van der Waals surface area contributed by atoms with Crippen molar-refractivity contribution in [2.24, 2.45) is 11.8 Å². The number of likely N-dealkylation sites (N-methyl/N-ethyl adjacent to an activating group) is 1. The van der Waals surface area contributed by atoms with E-state index >= 15 is 0 Å². The highest BCUT2D eigenvalue weighted by Gasteiger charge is 2.36. The number of nitrogens with one attached hydrogen (secondary N) is 4. The van der Waals surface area contributed by atoms with Crippen LogP contribution in [0.3, 0.4) is 0 Å². The molecule has 0 spiro atoms. The normalized spacial score (nSPS) is 18.5. The van der Waals surface area contributed by atoms with E-state index in [0.29, 0.717) is 42.7 Å². The van der Waals surface area contributed by atoms with Crippen LogP contribution < -0.4 is 4.90 Å². The first kappa shape index (κ1) is 58.5. The average Bonchev–Trinajstić information content (AvgIpc) is 4.02. The third kappa shape index (κ3) is 13.6.